The second kappa shape index (κ2) is 7.94. The number of amides is 2. The fourth-order valence-electron chi connectivity index (χ4n) is 2.52. The van der Waals surface area contributed by atoms with Gasteiger partial charge in [-0.05, 0) is 46.8 Å². The monoisotopic (exact) mass is 389 g/mol. The van der Waals surface area contributed by atoms with E-state index in [2.05, 4.69) is 26.6 Å². The van der Waals surface area contributed by atoms with Gasteiger partial charge in [-0.1, -0.05) is 6.92 Å². The number of rotatable bonds is 7. The predicted molar refractivity (Wildman–Crippen MR) is 89.1 cm³/mol. The summed E-state index contributed by atoms with van der Waals surface area (Å²) in [5, 5.41) is 16.6. The predicted octanol–water partition coefficient (Wildman–Crippen LogP) is 2.25. The molecule has 0 atom stereocenters. The minimum absolute atomic E-state index is 0.0620. The van der Waals surface area contributed by atoms with E-state index in [9.17, 15) is 9.59 Å². The molecule has 2 amide bonds. The molecule has 1 aliphatic carbocycles. The maximum Gasteiger partial charge on any atom is 0.317 e. The van der Waals surface area contributed by atoms with Crippen LogP contribution in [0.25, 0.3) is 0 Å². The third-order valence-electron chi connectivity index (χ3n) is 3.81. The smallest absolute Gasteiger partial charge is 0.317 e. The Hall–Kier alpha value is -1.12. The van der Waals surface area contributed by atoms with Crippen LogP contribution in [0.15, 0.2) is 15.9 Å². The van der Waals surface area contributed by atoms with Crippen molar-refractivity contribution in [2.75, 3.05) is 13.1 Å². The van der Waals surface area contributed by atoms with Crippen LogP contribution in [0, 0.1) is 0 Å². The van der Waals surface area contributed by atoms with Crippen molar-refractivity contribution in [3.8, 4) is 0 Å². The zero-order chi connectivity index (χ0) is 16.1. The highest BCUT2D eigenvalue weighted by Gasteiger charge is 2.34. The molecule has 8 heteroatoms. The summed E-state index contributed by atoms with van der Waals surface area (Å²) < 4.78 is 1.01. The molecule has 0 aromatic carbocycles. The molecule has 0 saturated heterocycles. The van der Waals surface area contributed by atoms with E-state index in [1.807, 2.05) is 23.3 Å². The van der Waals surface area contributed by atoms with E-state index in [1.54, 1.807) is 11.3 Å². The molecular formula is C14H20BrN3O3S. The molecule has 22 heavy (non-hydrogen) atoms. The highest BCUT2D eigenvalue weighted by molar-refractivity contribution is 9.10. The number of carboxylic acids is 1. The molecular weight excluding hydrogens is 370 g/mol. The molecule has 0 unspecified atom stereocenters. The van der Waals surface area contributed by atoms with Gasteiger partial charge in [-0.25, -0.2) is 4.79 Å². The molecule has 2 rings (SSSR count). The normalized spacial score (nSPS) is 20.5. The highest BCUT2D eigenvalue weighted by atomic mass is 79.9. The van der Waals surface area contributed by atoms with Crippen LogP contribution < -0.4 is 10.6 Å². The van der Waals surface area contributed by atoms with Crippen molar-refractivity contribution in [1.29, 1.82) is 0 Å². The number of aliphatic carboxylic acids is 1. The van der Waals surface area contributed by atoms with Crippen LogP contribution in [0.5, 0.6) is 0 Å². The molecule has 1 fully saturated rings. The lowest BCUT2D eigenvalue weighted by Crippen LogP contribution is -2.56. The number of halogens is 1. The van der Waals surface area contributed by atoms with Crippen LogP contribution in [0.2, 0.25) is 0 Å². The Morgan fingerprint density at radius 2 is 2.23 bits per heavy atom. The van der Waals surface area contributed by atoms with Crippen molar-refractivity contribution in [3.63, 3.8) is 0 Å². The Bertz CT molecular complexity index is 531. The first-order valence-electron chi connectivity index (χ1n) is 7.21. The van der Waals surface area contributed by atoms with Crippen molar-refractivity contribution < 1.29 is 14.7 Å². The Morgan fingerprint density at radius 3 is 2.77 bits per heavy atom. The first kappa shape index (κ1) is 17.2. The summed E-state index contributed by atoms with van der Waals surface area (Å²) in [7, 11) is 0. The molecule has 1 aliphatic rings. The number of nitrogens with zero attached hydrogens (tertiary/aromatic N) is 1. The van der Waals surface area contributed by atoms with E-state index in [-0.39, 0.29) is 24.7 Å². The van der Waals surface area contributed by atoms with Crippen LogP contribution in [-0.4, -0.2) is 47.2 Å². The fraction of sp³-hybridized carbons (Fsp3) is 0.571. The van der Waals surface area contributed by atoms with Crippen LogP contribution in [0.1, 0.15) is 24.6 Å². The molecule has 1 heterocycles. The Balaban J connectivity index is 1.67. The summed E-state index contributed by atoms with van der Waals surface area (Å²) in [5.74, 6) is -0.808. The zero-order valence-corrected chi connectivity index (χ0v) is 14.7. The number of hydrogen-bond acceptors (Lipinski definition) is 4. The summed E-state index contributed by atoms with van der Waals surface area (Å²) in [4.78, 5) is 25.6. The Morgan fingerprint density at radius 1 is 1.50 bits per heavy atom. The van der Waals surface area contributed by atoms with E-state index in [1.165, 1.54) is 0 Å². The highest BCUT2D eigenvalue weighted by Crippen LogP contribution is 2.25. The van der Waals surface area contributed by atoms with E-state index in [0.717, 1.165) is 22.2 Å². The molecule has 3 N–H and O–H groups in total. The van der Waals surface area contributed by atoms with Gasteiger partial charge in [0.25, 0.3) is 0 Å². The van der Waals surface area contributed by atoms with Gasteiger partial charge in [-0.15, -0.1) is 11.3 Å². The first-order chi connectivity index (χ1) is 10.5. The van der Waals surface area contributed by atoms with E-state index < -0.39 is 5.97 Å². The van der Waals surface area contributed by atoms with Gasteiger partial charge < -0.3 is 15.7 Å². The SMILES string of the molecule is CCN(CC(=O)O)C1CC(NC(=O)NCc2sccc2Br)C1. The van der Waals surface area contributed by atoms with E-state index in [0.29, 0.717) is 13.1 Å². The van der Waals surface area contributed by atoms with Crippen LogP contribution in [0.4, 0.5) is 4.79 Å². The lowest BCUT2D eigenvalue weighted by atomic mass is 9.85. The van der Waals surface area contributed by atoms with Crippen molar-refractivity contribution in [3.05, 3.63) is 20.8 Å². The van der Waals surface area contributed by atoms with Gasteiger partial charge in [0.05, 0.1) is 13.1 Å². The number of hydrogen-bond donors (Lipinski definition) is 3. The average molecular weight is 390 g/mol. The number of nitrogens with one attached hydrogen (secondary N) is 2. The number of likely N-dealkylation sites (N-methyl/N-ethyl adjacent to an activating group) is 1. The first-order valence-corrected chi connectivity index (χ1v) is 8.89. The lowest BCUT2D eigenvalue weighted by Gasteiger charge is -2.42. The number of thiophene rings is 1. The van der Waals surface area contributed by atoms with Crippen molar-refractivity contribution in [1.82, 2.24) is 15.5 Å². The topological polar surface area (TPSA) is 81.7 Å². The molecule has 1 saturated carbocycles. The maximum atomic E-state index is 11.8. The molecule has 0 spiro atoms. The Kier molecular flexibility index (Phi) is 6.22. The molecule has 1 aromatic heterocycles. The summed E-state index contributed by atoms with van der Waals surface area (Å²) in [5.41, 5.74) is 0. The standard InChI is InChI=1S/C14H20BrN3O3S/c1-2-18(8-13(19)20)10-5-9(6-10)17-14(21)16-7-12-11(15)3-4-22-12/h3-4,9-10H,2,5-8H2,1H3,(H,19,20)(H2,16,17,21). The number of carbonyl (C=O) groups is 2. The summed E-state index contributed by atoms with van der Waals surface area (Å²) >= 11 is 5.02. The molecule has 0 bridgehead atoms. The second-order valence-corrected chi connectivity index (χ2v) is 7.15. The van der Waals surface area contributed by atoms with Crippen molar-refractivity contribution >= 4 is 39.3 Å². The number of carbonyl (C=O) groups excluding carboxylic acids is 1. The summed E-state index contributed by atoms with van der Waals surface area (Å²) in [6.07, 6.45) is 1.61. The second-order valence-electron chi connectivity index (χ2n) is 5.30. The third kappa shape index (κ3) is 4.69. The quantitative estimate of drug-likeness (QED) is 0.667. The van der Waals surface area contributed by atoms with Gasteiger partial charge in [0.1, 0.15) is 0 Å². The number of urea groups is 1. The van der Waals surface area contributed by atoms with E-state index in [4.69, 9.17) is 5.11 Å². The van der Waals surface area contributed by atoms with Gasteiger partial charge in [0.2, 0.25) is 0 Å². The van der Waals surface area contributed by atoms with Gasteiger partial charge in [-0.3, -0.25) is 9.69 Å². The van der Waals surface area contributed by atoms with Gasteiger partial charge >= 0.3 is 12.0 Å². The van der Waals surface area contributed by atoms with Gasteiger partial charge in [-0.2, -0.15) is 0 Å². The van der Waals surface area contributed by atoms with Gasteiger partial charge in [0, 0.05) is 21.4 Å². The van der Waals surface area contributed by atoms with E-state index >= 15 is 0 Å². The fourth-order valence-corrected chi connectivity index (χ4v) is 3.96. The molecule has 1 aromatic rings. The van der Waals surface area contributed by atoms with Crippen molar-refractivity contribution in [2.45, 2.75) is 38.4 Å². The summed E-state index contributed by atoms with van der Waals surface area (Å²) in [6, 6.07) is 2.15. The summed E-state index contributed by atoms with van der Waals surface area (Å²) in [6.45, 7) is 3.23. The lowest BCUT2D eigenvalue weighted by molar-refractivity contribution is -0.139. The average Bonchev–Trinajstić information content (AvgIpc) is 2.83. The minimum Gasteiger partial charge on any atom is -0.480 e. The number of carboxylic acid groups (broad SMARTS) is 1. The van der Waals surface area contributed by atoms with Gasteiger partial charge in [0.15, 0.2) is 0 Å². The van der Waals surface area contributed by atoms with Crippen LogP contribution >= 0.6 is 27.3 Å². The molecule has 6 nitrogen and oxygen atoms in total. The largest absolute Gasteiger partial charge is 0.480 e. The van der Waals surface area contributed by atoms with Crippen LogP contribution in [0.3, 0.4) is 0 Å². The third-order valence-corrected chi connectivity index (χ3v) is 5.74. The zero-order valence-electron chi connectivity index (χ0n) is 12.3. The van der Waals surface area contributed by atoms with Crippen molar-refractivity contribution in [2.24, 2.45) is 0 Å². The Labute approximate surface area is 142 Å². The molecule has 122 valence electrons. The van der Waals surface area contributed by atoms with Crippen LogP contribution in [-0.2, 0) is 11.3 Å². The molecule has 0 aliphatic heterocycles. The molecule has 0 radical (unpaired) electrons. The minimum atomic E-state index is -0.808. The maximum absolute atomic E-state index is 11.8.